The highest BCUT2D eigenvalue weighted by Gasteiger charge is 2.64. The summed E-state index contributed by atoms with van der Waals surface area (Å²) in [5.41, 5.74) is -0.118. The molecule has 0 aromatic rings. The van der Waals surface area contributed by atoms with Gasteiger partial charge in [-0.05, 0) is 49.4 Å². The van der Waals surface area contributed by atoms with Crippen LogP contribution in [0.1, 0.15) is 67.2 Å². The molecule has 0 radical (unpaired) electrons. The molecule has 0 saturated heterocycles. The molecule has 0 aliphatic heterocycles. The van der Waals surface area contributed by atoms with Crippen molar-refractivity contribution in [3.8, 4) is 0 Å². The molecule has 2 rings (SSSR count). The second-order valence-corrected chi connectivity index (χ2v) is 8.16. The average Bonchev–Trinajstić information content (AvgIpc) is 2.79. The molecule has 2 aliphatic rings. The van der Waals surface area contributed by atoms with Crippen LogP contribution in [0.5, 0.6) is 0 Å². The first kappa shape index (κ1) is 14.9. The molecule has 110 valence electrons. The molecular weight excluding hydrogens is 236 g/mol. The molecule has 2 heteroatoms. The molecule has 2 fully saturated rings. The lowest BCUT2D eigenvalue weighted by Gasteiger charge is -2.37. The molecule has 0 bridgehead atoms. The number of carbonyl (C=O) groups is 1. The number of rotatable bonds is 3. The van der Waals surface area contributed by atoms with E-state index in [9.17, 15) is 4.79 Å². The minimum atomic E-state index is -0.241. The Morgan fingerprint density at radius 2 is 1.79 bits per heavy atom. The van der Waals surface area contributed by atoms with Crippen molar-refractivity contribution < 1.29 is 9.53 Å². The zero-order chi connectivity index (χ0) is 14.4. The Balaban J connectivity index is 2.02. The van der Waals surface area contributed by atoms with Crippen LogP contribution in [0, 0.1) is 28.6 Å². The lowest BCUT2D eigenvalue weighted by molar-refractivity contribution is -0.163. The minimum absolute atomic E-state index is 0.0438. The van der Waals surface area contributed by atoms with Crippen molar-refractivity contribution in [1.29, 1.82) is 0 Å². The molecule has 19 heavy (non-hydrogen) atoms. The first-order chi connectivity index (χ1) is 8.67. The van der Waals surface area contributed by atoms with Gasteiger partial charge >= 0.3 is 5.97 Å². The summed E-state index contributed by atoms with van der Waals surface area (Å²) in [6.07, 6.45) is 4.64. The summed E-state index contributed by atoms with van der Waals surface area (Å²) >= 11 is 0. The van der Waals surface area contributed by atoms with Crippen LogP contribution in [0.2, 0.25) is 0 Å². The Bertz CT molecular complexity index is 358. The molecule has 0 amide bonds. The summed E-state index contributed by atoms with van der Waals surface area (Å²) < 4.78 is 5.96. The van der Waals surface area contributed by atoms with Crippen molar-refractivity contribution in [2.75, 3.05) is 0 Å². The molecule has 0 heterocycles. The predicted octanol–water partition coefficient (Wildman–Crippen LogP) is 4.43. The molecular formula is C17H30O2. The first-order valence-electron chi connectivity index (χ1n) is 7.88. The maximum absolute atomic E-state index is 12.5. The highest BCUT2D eigenvalue weighted by molar-refractivity contribution is 5.81. The topological polar surface area (TPSA) is 26.3 Å². The zero-order valence-corrected chi connectivity index (χ0v) is 13.5. The van der Waals surface area contributed by atoms with E-state index in [4.69, 9.17) is 4.74 Å². The lowest BCUT2D eigenvalue weighted by Crippen LogP contribution is -2.38. The Kier molecular flexibility index (Phi) is 3.75. The maximum atomic E-state index is 12.5. The van der Waals surface area contributed by atoms with Gasteiger partial charge in [-0.2, -0.15) is 0 Å². The Morgan fingerprint density at radius 1 is 1.21 bits per heavy atom. The van der Waals surface area contributed by atoms with E-state index in [2.05, 4.69) is 41.5 Å². The van der Waals surface area contributed by atoms with Crippen molar-refractivity contribution in [3.05, 3.63) is 0 Å². The third kappa shape index (κ3) is 2.68. The fourth-order valence-corrected chi connectivity index (χ4v) is 3.71. The highest BCUT2D eigenvalue weighted by atomic mass is 16.5. The standard InChI is InChI=1S/C17H30O2/c1-11(2)13-8-7-12(3)9-14(13)19-15(18)17(6)10-16(17,4)5/h11-14H,7-10H2,1-6H3. The number of carbonyl (C=O) groups excluding carboxylic acids is 1. The third-order valence-electron chi connectivity index (χ3n) is 5.83. The number of ether oxygens (including phenoxy) is 1. The van der Waals surface area contributed by atoms with E-state index < -0.39 is 0 Å². The van der Waals surface area contributed by atoms with Crippen molar-refractivity contribution in [1.82, 2.24) is 0 Å². The van der Waals surface area contributed by atoms with Gasteiger partial charge in [-0.3, -0.25) is 4.79 Å². The predicted molar refractivity (Wildman–Crippen MR) is 77.7 cm³/mol. The van der Waals surface area contributed by atoms with Crippen molar-refractivity contribution in [2.45, 2.75) is 73.3 Å². The van der Waals surface area contributed by atoms with Crippen LogP contribution in [-0.4, -0.2) is 12.1 Å². The normalized spacial score (nSPS) is 41.1. The van der Waals surface area contributed by atoms with Crippen LogP contribution in [0.15, 0.2) is 0 Å². The van der Waals surface area contributed by atoms with Gasteiger partial charge in [-0.15, -0.1) is 0 Å². The van der Waals surface area contributed by atoms with Gasteiger partial charge in [0.25, 0.3) is 0 Å². The van der Waals surface area contributed by atoms with E-state index in [1.165, 1.54) is 12.8 Å². The van der Waals surface area contributed by atoms with Crippen LogP contribution in [0.4, 0.5) is 0 Å². The molecule has 0 aromatic heterocycles. The molecule has 4 unspecified atom stereocenters. The molecule has 0 aromatic carbocycles. The second-order valence-electron chi connectivity index (χ2n) is 8.16. The molecule has 0 N–H and O–H groups in total. The Hall–Kier alpha value is -0.530. The van der Waals surface area contributed by atoms with Gasteiger partial charge in [0, 0.05) is 0 Å². The van der Waals surface area contributed by atoms with Crippen molar-refractivity contribution >= 4 is 5.97 Å². The van der Waals surface area contributed by atoms with Crippen LogP contribution >= 0.6 is 0 Å². The second kappa shape index (κ2) is 4.79. The number of esters is 1. The van der Waals surface area contributed by atoms with E-state index in [-0.39, 0.29) is 22.9 Å². The fourth-order valence-electron chi connectivity index (χ4n) is 3.71. The van der Waals surface area contributed by atoms with Gasteiger partial charge in [0.15, 0.2) is 0 Å². The molecule has 4 atom stereocenters. The summed E-state index contributed by atoms with van der Waals surface area (Å²) in [5, 5.41) is 0. The Morgan fingerprint density at radius 3 is 2.26 bits per heavy atom. The largest absolute Gasteiger partial charge is 0.462 e. The van der Waals surface area contributed by atoms with E-state index >= 15 is 0 Å². The van der Waals surface area contributed by atoms with Crippen molar-refractivity contribution in [3.63, 3.8) is 0 Å². The summed E-state index contributed by atoms with van der Waals surface area (Å²) in [6.45, 7) is 13.2. The van der Waals surface area contributed by atoms with E-state index in [0.29, 0.717) is 17.8 Å². The SMILES string of the molecule is CC1CCC(C(C)C)C(OC(=O)C2(C)CC2(C)C)C1. The minimum Gasteiger partial charge on any atom is -0.462 e. The van der Waals surface area contributed by atoms with E-state index in [0.717, 1.165) is 12.8 Å². The summed E-state index contributed by atoms with van der Waals surface area (Å²) in [5.74, 6) is 1.88. The van der Waals surface area contributed by atoms with Gasteiger partial charge in [0.1, 0.15) is 6.10 Å². The van der Waals surface area contributed by atoms with Gasteiger partial charge in [0.05, 0.1) is 5.41 Å². The fraction of sp³-hybridized carbons (Fsp3) is 0.941. The molecule has 0 spiro atoms. The molecule has 2 saturated carbocycles. The number of hydrogen-bond acceptors (Lipinski definition) is 2. The van der Waals surface area contributed by atoms with Crippen molar-refractivity contribution in [2.24, 2.45) is 28.6 Å². The maximum Gasteiger partial charge on any atom is 0.312 e. The first-order valence-corrected chi connectivity index (χ1v) is 7.88. The van der Waals surface area contributed by atoms with Crippen LogP contribution in [-0.2, 0) is 9.53 Å². The zero-order valence-electron chi connectivity index (χ0n) is 13.5. The summed E-state index contributed by atoms with van der Waals surface area (Å²) in [6, 6.07) is 0. The van der Waals surface area contributed by atoms with E-state index in [1.54, 1.807) is 0 Å². The van der Waals surface area contributed by atoms with Gasteiger partial charge in [-0.25, -0.2) is 0 Å². The average molecular weight is 266 g/mol. The molecule has 2 nitrogen and oxygen atoms in total. The Labute approximate surface area is 118 Å². The van der Waals surface area contributed by atoms with Gasteiger partial charge in [-0.1, -0.05) is 41.0 Å². The lowest BCUT2D eigenvalue weighted by atomic mass is 9.75. The van der Waals surface area contributed by atoms with Crippen LogP contribution in [0.3, 0.4) is 0 Å². The monoisotopic (exact) mass is 266 g/mol. The number of hydrogen-bond donors (Lipinski definition) is 0. The third-order valence-corrected chi connectivity index (χ3v) is 5.83. The van der Waals surface area contributed by atoms with Gasteiger partial charge < -0.3 is 4.74 Å². The highest BCUT2D eigenvalue weighted by Crippen LogP contribution is 2.64. The molecule has 2 aliphatic carbocycles. The van der Waals surface area contributed by atoms with Gasteiger partial charge in [0.2, 0.25) is 0 Å². The quantitative estimate of drug-likeness (QED) is 0.706. The smallest absolute Gasteiger partial charge is 0.312 e. The summed E-state index contributed by atoms with van der Waals surface area (Å²) in [4.78, 5) is 12.5. The van der Waals surface area contributed by atoms with E-state index in [1.807, 2.05) is 0 Å². The van der Waals surface area contributed by atoms with Crippen LogP contribution < -0.4 is 0 Å². The summed E-state index contributed by atoms with van der Waals surface area (Å²) in [7, 11) is 0. The van der Waals surface area contributed by atoms with Crippen LogP contribution in [0.25, 0.3) is 0 Å².